The van der Waals surface area contributed by atoms with Crippen LogP contribution in [-0.4, -0.2) is 22.3 Å². The summed E-state index contributed by atoms with van der Waals surface area (Å²) in [6.45, 7) is 0. The van der Waals surface area contributed by atoms with Crippen LogP contribution in [0.4, 0.5) is 0 Å². The normalized spacial score (nSPS) is 36.3. The molecule has 5 heteroatoms. The van der Waals surface area contributed by atoms with Gasteiger partial charge in [-0.1, -0.05) is 0 Å². The minimum Gasteiger partial charge on any atom is -0.425 e. The molecule has 4 N–H and O–H groups in total. The van der Waals surface area contributed by atoms with Gasteiger partial charge in [-0.2, -0.15) is 0 Å². The van der Waals surface area contributed by atoms with E-state index in [0.29, 0.717) is 23.9 Å². The third-order valence-corrected chi connectivity index (χ3v) is 4.70. The Bertz CT molecular complexity index is 367. The highest BCUT2D eigenvalue weighted by molar-refractivity contribution is 4.99. The van der Waals surface area contributed by atoms with E-state index in [4.69, 9.17) is 15.9 Å². The van der Waals surface area contributed by atoms with Gasteiger partial charge in [0.25, 0.3) is 0 Å². The Morgan fingerprint density at radius 1 is 0.684 bits per heavy atom. The molecule has 0 atom stereocenters. The molecule has 2 aliphatic carbocycles. The van der Waals surface area contributed by atoms with Gasteiger partial charge in [-0.05, 0) is 51.4 Å². The molecule has 0 radical (unpaired) electrons. The lowest BCUT2D eigenvalue weighted by Gasteiger charge is -2.24. The van der Waals surface area contributed by atoms with Crippen LogP contribution >= 0.6 is 0 Å². The van der Waals surface area contributed by atoms with Crippen molar-refractivity contribution in [3.63, 3.8) is 0 Å². The maximum atomic E-state index is 5.93. The van der Waals surface area contributed by atoms with Crippen LogP contribution in [-0.2, 0) is 0 Å². The average Bonchev–Trinajstić information content (AvgIpc) is 2.90. The van der Waals surface area contributed by atoms with Crippen molar-refractivity contribution in [3.05, 3.63) is 11.8 Å². The molecule has 0 aromatic carbocycles. The summed E-state index contributed by atoms with van der Waals surface area (Å²) >= 11 is 0. The van der Waals surface area contributed by atoms with Gasteiger partial charge in [0, 0.05) is 23.9 Å². The molecule has 2 saturated carbocycles. The number of nitrogens with two attached hydrogens (primary N) is 2. The van der Waals surface area contributed by atoms with Gasteiger partial charge in [0.1, 0.15) is 0 Å². The molecule has 0 amide bonds. The van der Waals surface area contributed by atoms with Gasteiger partial charge in [0.05, 0.1) is 0 Å². The molecule has 1 heterocycles. The van der Waals surface area contributed by atoms with Crippen LogP contribution in [0.15, 0.2) is 4.42 Å². The predicted molar refractivity (Wildman–Crippen MR) is 72.7 cm³/mol. The van der Waals surface area contributed by atoms with Crippen molar-refractivity contribution in [2.75, 3.05) is 0 Å². The van der Waals surface area contributed by atoms with Crippen molar-refractivity contribution >= 4 is 0 Å². The highest BCUT2D eigenvalue weighted by Gasteiger charge is 2.28. The van der Waals surface area contributed by atoms with Crippen molar-refractivity contribution < 1.29 is 4.42 Å². The molecule has 0 unspecified atom stereocenters. The Hall–Kier alpha value is -0.940. The topological polar surface area (TPSA) is 91.0 Å². The molecule has 1 aromatic rings. The van der Waals surface area contributed by atoms with E-state index in [1.807, 2.05) is 0 Å². The quantitative estimate of drug-likeness (QED) is 0.853. The fraction of sp³-hybridized carbons (Fsp3) is 0.857. The lowest BCUT2D eigenvalue weighted by molar-refractivity contribution is 0.300. The van der Waals surface area contributed by atoms with Gasteiger partial charge in [-0.25, -0.2) is 0 Å². The van der Waals surface area contributed by atoms with E-state index in [2.05, 4.69) is 10.2 Å². The van der Waals surface area contributed by atoms with Gasteiger partial charge < -0.3 is 15.9 Å². The molecule has 0 saturated heterocycles. The van der Waals surface area contributed by atoms with Gasteiger partial charge in [-0.15, -0.1) is 10.2 Å². The smallest absolute Gasteiger partial charge is 0.219 e. The van der Waals surface area contributed by atoms with E-state index in [9.17, 15) is 0 Å². The molecular weight excluding hydrogens is 240 g/mol. The lowest BCUT2D eigenvalue weighted by atomic mass is 9.86. The highest BCUT2D eigenvalue weighted by Crippen LogP contribution is 2.35. The van der Waals surface area contributed by atoms with Crippen LogP contribution in [0.1, 0.15) is 75.0 Å². The third-order valence-electron chi connectivity index (χ3n) is 4.70. The molecule has 0 spiro atoms. The minimum absolute atomic E-state index is 0.360. The fourth-order valence-corrected chi connectivity index (χ4v) is 3.31. The van der Waals surface area contributed by atoms with Crippen LogP contribution in [0.3, 0.4) is 0 Å². The zero-order valence-corrected chi connectivity index (χ0v) is 11.4. The fourth-order valence-electron chi connectivity index (χ4n) is 3.31. The molecule has 5 nitrogen and oxygen atoms in total. The second-order valence-corrected chi connectivity index (χ2v) is 6.20. The van der Waals surface area contributed by atoms with Crippen molar-refractivity contribution in [3.8, 4) is 0 Å². The van der Waals surface area contributed by atoms with Crippen LogP contribution in [0.5, 0.6) is 0 Å². The van der Waals surface area contributed by atoms with Gasteiger partial charge in [0.15, 0.2) is 0 Å². The summed E-state index contributed by atoms with van der Waals surface area (Å²) < 4.78 is 5.93. The van der Waals surface area contributed by atoms with Gasteiger partial charge >= 0.3 is 0 Å². The Labute approximate surface area is 114 Å². The minimum atomic E-state index is 0.360. The van der Waals surface area contributed by atoms with E-state index < -0.39 is 0 Å². The second kappa shape index (κ2) is 5.59. The van der Waals surface area contributed by atoms with E-state index in [-0.39, 0.29) is 0 Å². The predicted octanol–water partition coefficient (Wildman–Crippen LogP) is 2.04. The van der Waals surface area contributed by atoms with E-state index in [1.54, 1.807) is 0 Å². The molecule has 3 rings (SSSR count). The molecular formula is C14H24N4O. The van der Waals surface area contributed by atoms with Gasteiger partial charge in [-0.3, -0.25) is 0 Å². The largest absolute Gasteiger partial charge is 0.425 e. The van der Waals surface area contributed by atoms with E-state index in [0.717, 1.165) is 63.1 Å². The monoisotopic (exact) mass is 264 g/mol. The number of aromatic nitrogens is 2. The summed E-state index contributed by atoms with van der Waals surface area (Å²) in [5.41, 5.74) is 11.9. The molecule has 2 aliphatic rings. The number of nitrogens with zero attached hydrogens (tertiary/aromatic N) is 2. The summed E-state index contributed by atoms with van der Waals surface area (Å²) in [5, 5.41) is 8.54. The Kier molecular flexibility index (Phi) is 3.84. The number of rotatable bonds is 2. The third kappa shape index (κ3) is 2.98. The zero-order valence-electron chi connectivity index (χ0n) is 11.4. The second-order valence-electron chi connectivity index (χ2n) is 6.20. The lowest BCUT2D eigenvalue weighted by Crippen LogP contribution is -2.26. The molecule has 106 valence electrons. The number of hydrogen-bond acceptors (Lipinski definition) is 5. The first-order valence-corrected chi connectivity index (χ1v) is 7.57. The molecule has 19 heavy (non-hydrogen) atoms. The van der Waals surface area contributed by atoms with Gasteiger partial charge in [0.2, 0.25) is 11.8 Å². The first-order chi connectivity index (χ1) is 9.22. The van der Waals surface area contributed by atoms with Crippen molar-refractivity contribution in [1.82, 2.24) is 10.2 Å². The Balaban J connectivity index is 1.63. The summed E-state index contributed by atoms with van der Waals surface area (Å²) in [4.78, 5) is 0. The van der Waals surface area contributed by atoms with Crippen LogP contribution in [0.2, 0.25) is 0 Å². The maximum absolute atomic E-state index is 5.93. The molecule has 2 fully saturated rings. The standard InChI is InChI=1S/C14H24N4O/c15-11-5-1-9(2-6-11)13-17-18-14(19-13)10-3-7-12(16)8-4-10/h9-12H,1-8,15-16H2. The first-order valence-electron chi connectivity index (χ1n) is 7.57. The summed E-state index contributed by atoms with van der Waals surface area (Å²) in [6, 6.07) is 0.719. The highest BCUT2D eigenvalue weighted by atomic mass is 16.4. The van der Waals surface area contributed by atoms with Crippen LogP contribution < -0.4 is 11.5 Å². The summed E-state index contributed by atoms with van der Waals surface area (Å²) in [6.07, 6.45) is 8.61. The summed E-state index contributed by atoms with van der Waals surface area (Å²) in [5.74, 6) is 2.51. The van der Waals surface area contributed by atoms with E-state index >= 15 is 0 Å². The van der Waals surface area contributed by atoms with Crippen molar-refractivity contribution in [2.24, 2.45) is 11.5 Å². The Morgan fingerprint density at radius 2 is 1.05 bits per heavy atom. The molecule has 0 aliphatic heterocycles. The molecule has 1 aromatic heterocycles. The Morgan fingerprint density at radius 3 is 1.42 bits per heavy atom. The first kappa shape index (κ1) is 13.1. The van der Waals surface area contributed by atoms with E-state index in [1.165, 1.54) is 0 Å². The van der Waals surface area contributed by atoms with Crippen LogP contribution in [0, 0.1) is 0 Å². The molecule has 0 bridgehead atoms. The van der Waals surface area contributed by atoms with Crippen molar-refractivity contribution in [1.29, 1.82) is 0 Å². The SMILES string of the molecule is NC1CCC(c2nnc(C3CCC(N)CC3)o2)CC1. The summed E-state index contributed by atoms with van der Waals surface area (Å²) in [7, 11) is 0. The van der Waals surface area contributed by atoms with Crippen LogP contribution in [0.25, 0.3) is 0 Å². The maximum Gasteiger partial charge on any atom is 0.219 e. The average molecular weight is 264 g/mol. The number of hydrogen-bond donors (Lipinski definition) is 2. The van der Waals surface area contributed by atoms with Crippen molar-refractivity contribution in [2.45, 2.75) is 75.3 Å². The zero-order chi connectivity index (χ0) is 13.2.